The summed E-state index contributed by atoms with van der Waals surface area (Å²) in [6, 6.07) is 11.1. The zero-order valence-electron chi connectivity index (χ0n) is 10.6. The van der Waals surface area contributed by atoms with Crippen LogP contribution in [0.1, 0.15) is 11.1 Å². The number of aromatic nitrogens is 2. The van der Waals surface area contributed by atoms with Crippen molar-refractivity contribution in [3.8, 4) is 11.3 Å². The number of nitrogens with one attached hydrogen (secondary N) is 1. The molecule has 0 saturated carbocycles. The van der Waals surface area contributed by atoms with Crippen molar-refractivity contribution in [3.63, 3.8) is 0 Å². The fraction of sp³-hybridized carbons (Fsp3) is 0.133. The molecule has 20 heavy (non-hydrogen) atoms. The van der Waals surface area contributed by atoms with E-state index in [-0.39, 0.29) is 0 Å². The largest absolute Gasteiger partial charge is 0.416 e. The van der Waals surface area contributed by atoms with Crippen LogP contribution in [0.25, 0.3) is 22.2 Å². The van der Waals surface area contributed by atoms with Crippen LogP contribution in [0, 0.1) is 6.92 Å². The number of benzene rings is 2. The summed E-state index contributed by atoms with van der Waals surface area (Å²) in [5, 5.41) is 7.36. The Morgan fingerprint density at radius 2 is 1.70 bits per heavy atom. The highest BCUT2D eigenvalue weighted by Crippen LogP contribution is 2.34. The first-order chi connectivity index (χ1) is 9.45. The van der Waals surface area contributed by atoms with E-state index in [9.17, 15) is 13.2 Å². The summed E-state index contributed by atoms with van der Waals surface area (Å²) < 4.78 is 38.3. The highest BCUT2D eigenvalue weighted by molar-refractivity contribution is 5.93. The Labute approximate surface area is 113 Å². The predicted molar refractivity (Wildman–Crippen MR) is 71.3 cm³/mol. The van der Waals surface area contributed by atoms with Gasteiger partial charge >= 0.3 is 6.18 Å². The number of fused-ring (bicyclic) bond motifs is 1. The van der Waals surface area contributed by atoms with Gasteiger partial charge in [-0.2, -0.15) is 18.3 Å². The van der Waals surface area contributed by atoms with Gasteiger partial charge in [0.25, 0.3) is 0 Å². The van der Waals surface area contributed by atoms with Crippen LogP contribution in [-0.2, 0) is 6.18 Å². The van der Waals surface area contributed by atoms with Crippen LogP contribution in [0.15, 0.2) is 42.5 Å². The monoisotopic (exact) mass is 276 g/mol. The molecule has 3 aromatic rings. The Morgan fingerprint density at radius 3 is 2.35 bits per heavy atom. The maximum atomic E-state index is 12.8. The number of rotatable bonds is 1. The molecule has 102 valence electrons. The number of halogens is 3. The highest BCUT2D eigenvalue weighted by atomic mass is 19.4. The van der Waals surface area contributed by atoms with Crippen molar-refractivity contribution in [2.45, 2.75) is 13.1 Å². The van der Waals surface area contributed by atoms with Gasteiger partial charge in [-0.25, -0.2) is 0 Å². The summed E-state index contributed by atoms with van der Waals surface area (Å²) in [5.74, 6) is 0. The van der Waals surface area contributed by atoms with E-state index in [0.29, 0.717) is 16.6 Å². The van der Waals surface area contributed by atoms with Crippen LogP contribution in [-0.4, -0.2) is 10.2 Å². The Morgan fingerprint density at radius 1 is 1.00 bits per heavy atom. The van der Waals surface area contributed by atoms with Crippen molar-refractivity contribution in [2.75, 3.05) is 0 Å². The molecule has 5 heteroatoms. The fourth-order valence-electron chi connectivity index (χ4n) is 2.12. The van der Waals surface area contributed by atoms with Crippen molar-refractivity contribution in [2.24, 2.45) is 0 Å². The van der Waals surface area contributed by atoms with Crippen LogP contribution < -0.4 is 0 Å². The molecule has 1 aromatic heterocycles. The van der Waals surface area contributed by atoms with Crippen molar-refractivity contribution >= 4 is 10.9 Å². The number of aromatic amines is 1. The molecule has 1 N–H and O–H groups in total. The topological polar surface area (TPSA) is 28.7 Å². The summed E-state index contributed by atoms with van der Waals surface area (Å²) in [7, 11) is 0. The third kappa shape index (κ3) is 2.15. The van der Waals surface area contributed by atoms with Gasteiger partial charge in [-0.1, -0.05) is 29.8 Å². The first-order valence-electron chi connectivity index (χ1n) is 6.07. The second kappa shape index (κ2) is 4.37. The molecule has 2 nitrogen and oxygen atoms in total. The molecule has 0 fully saturated rings. The normalized spacial score (nSPS) is 12.0. The lowest BCUT2D eigenvalue weighted by Crippen LogP contribution is -2.04. The third-order valence-electron chi connectivity index (χ3n) is 3.22. The van der Waals surface area contributed by atoms with Gasteiger partial charge in [0.05, 0.1) is 16.8 Å². The SMILES string of the molecule is Cc1ccc(-c2n[nH]c3ccc(C(F)(F)F)cc23)cc1. The number of aryl methyl sites for hydroxylation is 1. The Bertz CT molecular complexity index is 755. The first-order valence-corrected chi connectivity index (χ1v) is 6.07. The van der Waals surface area contributed by atoms with E-state index in [1.54, 1.807) is 0 Å². The van der Waals surface area contributed by atoms with Gasteiger partial charge < -0.3 is 0 Å². The van der Waals surface area contributed by atoms with Crippen LogP contribution in [0.5, 0.6) is 0 Å². The van der Waals surface area contributed by atoms with Gasteiger partial charge in [0, 0.05) is 10.9 Å². The minimum Gasteiger partial charge on any atom is -0.277 e. The molecule has 1 heterocycles. The minimum atomic E-state index is -4.35. The van der Waals surface area contributed by atoms with Crippen molar-refractivity contribution < 1.29 is 13.2 Å². The van der Waals surface area contributed by atoms with E-state index < -0.39 is 11.7 Å². The van der Waals surface area contributed by atoms with Gasteiger partial charge in [0.2, 0.25) is 0 Å². The Kier molecular flexibility index (Phi) is 2.78. The quantitative estimate of drug-likeness (QED) is 0.693. The van der Waals surface area contributed by atoms with E-state index in [1.165, 1.54) is 6.07 Å². The molecule has 0 amide bonds. The second-order valence-corrected chi connectivity index (χ2v) is 4.70. The molecule has 0 bridgehead atoms. The molecule has 0 aliphatic heterocycles. The number of alkyl halides is 3. The van der Waals surface area contributed by atoms with Crippen LogP contribution in [0.4, 0.5) is 13.2 Å². The van der Waals surface area contributed by atoms with E-state index >= 15 is 0 Å². The van der Waals surface area contributed by atoms with Crippen molar-refractivity contribution in [1.29, 1.82) is 0 Å². The molecule has 2 aromatic carbocycles. The Hall–Kier alpha value is -2.30. The predicted octanol–water partition coefficient (Wildman–Crippen LogP) is 4.56. The van der Waals surface area contributed by atoms with Crippen LogP contribution >= 0.6 is 0 Å². The van der Waals surface area contributed by atoms with Gasteiger partial charge in [-0.15, -0.1) is 0 Å². The van der Waals surface area contributed by atoms with Crippen LogP contribution in [0.3, 0.4) is 0 Å². The zero-order valence-corrected chi connectivity index (χ0v) is 10.6. The van der Waals surface area contributed by atoms with Gasteiger partial charge in [0.15, 0.2) is 0 Å². The lowest BCUT2D eigenvalue weighted by Gasteiger charge is -2.06. The lowest BCUT2D eigenvalue weighted by atomic mass is 10.0. The number of hydrogen-bond acceptors (Lipinski definition) is 1. The Balaban J connectivity index is 2.19. The summed E-state index contributed by atoms with van der Waals surface area (Å²) >= 11 is 0. The molecular formula is C15H11F3N2. The average Bonchev–Trinajstić information content (AvgIpc) is 2.81. The van der Waals surface area contributed by atoms with E-state index in [4.69, 9.17) is 0 Å². The van der Waals surface area contributed by atoms with Crippen molar-refractivity contribution in [1.82, 2.24) is 10.2 Å². The molecule has 0 aliphatic carbocycles. The number of nitrogens with zero attached hydrogens (tertiary/aromatic N) is 1. The van der Waals surface area contributed by atoms with Gasteiger partial charge in [0.1, 0.15) is 0 Å². The second-order valence-electron chi connectivity index (χ2n) is 4.70. The fourth-order valence-corrected chi connectivity index (χ4v) is 2.12. The van der Waals surface area contributed by atoms with E-state index in [0.717, 1.165) is 23.3 Å². The summed E-state index contributed by atoms with van der Waals surface area (Å²) in [6.07, 6.45) is -4.35. The number of hydrogen-bond donors (Lipinski definition) is 1. The summed E-state index contributed by atoms with van der Waals surface area (Å²) in [6.45, 7) is 1.95. The smallest absolute Gasteiger partial charge is 0.277 e. The third-order valence-corrected chi connectivity index (χ3v) is 3.22. The van der Waals surface area contributed by atoms with Gasteiger partial charge in [-0.3, -0.25) is 5.10 Å². The van der Waals surface area contributed by atoms with E-state index in [2.05, 4.69) is 10.2 Å². The molecule has 3 rings (SSSR count). The molecule has 0 saturated heterocycles. The molecule has 0 unspecified atom stereocenters. The van der Waals surface area contributed by atoms with Gasteiger partial charge in [-0.05, 0) is 25.1 Å². The maximum absolute atomic E-state index is 12.8. The first kappa shape index (κ1) is 12.7. The zero-order chi connectivity index (χ0) is 14.3. The maximum Gasteiger partial charge on any atom is 0.416 e. The van der Waals surface area contributed by atoms with Crippen LogP contribution in [0.2, 0.25) is 0 Å². The molecule has 0 radical (unpaired) electrons. The lowest BCUT2D eigenvalue weighted by molar-refractivity contribution is -0.137. The van der Waals surface area contributed by atoms with Crippen molar-refractivity contribution in [3.05, 3.63) is 53.6 Å². The molecule has 0 atom stereocenters. The standard InChI is InChI=1S/C15H11F3N2/c1-9-2-4-10(5-3-9)14-12-8-11(15(16,17)18)6-7-13(12)19-20-14/h2-8H,1H3,(H,19,20). The number of H-pyrrole nitrogens is 1. The summed E-state index contributed by atoms with van der Waals surface area (Å²) in [4.78, 5) is 0. The highest BCUT2D eigenvalue weighted by Gasteiger charge is 2.30. The molecule has 0 spiro atoms. The minimum absolute atomic E-state index is 0.476. The van der Waals surface area contributed by atoms with E-state index in [1.807, 2.05) is 31.2 Å². The molecular weight excluding hydrogens is 265 g/mol. The average molecular weight is 276 g/mol. The summed E-state index contributed by atoms with van der Waals surface area (Å²) in [5.41, 5.74) is 2.34. The molecule has 0 aliphatic rings.